The van der Waals surface area contributed by atoms with Crippen LogP contribution >= 0.6 is 0 Å². The first-order chi connectivity index (χ1) is 11.7. The topological polar surface area (TPSA) is 87.3 Å². The molecule has 7 heteroatoms. The molecule has 0 bridgehead atoms. The number of nitrogens with one attached hydrogen (secondary N) is 2. The Morgan fingerprint density at radius 2 is 2.38 bits per heavy atom. The molecule has 24 heavy (non-hydrogen) atoms. The highest BCUT2D eigenvalue weighted by Crippen LogP contribution is 2.23. The largest absolute Gasteiger partial charge is 0.497 e. The van der Waals surface area contributed by atoms with Crippen LogP contribution in [0.15, 0.2) is 46.1 Å². The molecule has 4 N–H and O–H groups in total. The highest BCUT2D eigenvalue weighted by molar-refractivity contribution is 5.73. The summed E-state index contributed by atoms with van der Waals surface area (Å²) in [6, 6.07) is 7.61. The van der Waals surface area contributed by atoms with Crippen LogP contribution in [0.4, 0.5) is 0 Å². The van der Waals surface area contributed by atoms with Gasteiger partial charge < -0.3 is 15.4 Å². The summed E-state index contributed by atoms with van der Waals surface area (Å²) in [5, 5.41) is 6.64. The predicted molar refractivity (Wildman–Crippen MR) is 96.1 cm³/mol. The Balaban J connectivity index is 1.53. The molecule has 1 aromatic carbocycles. The summed E-state index contributed by atoms with van der Waals surface area (Å²) in [6.45, 7) is 3.65. The minimum Gasteiger partial charge on any atom is -0.497 e. The monoisotopic (exact) mass is 328 g/mol. The van der Waals surface area contributed by atoms with E-state index in [1.807, 2.05) is 36.6 Å². The predicted octanol–water partition coefficient (Wildman–Crippen LogP) is 0.603. The summed E-state index contributed by atoms with van der Waals surface area (Å²) in [7, 11) is 1.64. The van der Waals surface area contributed by atoms with E-state index in [2.05, 4.69) is 25.5 Å². The van der Waals surface area contributed by atoms with Crippen molar-refractivity contribution < 1.29 is 4.74 Å². The molecule has 7 nitrogen and oxygen atoms in total. The molecule has 1 atom stereocenters. The lowest BCUT2D eigenvalue weighted by atomic mass is 10.1. The van der Waals surface area contributed by atoms with Crippen LogP contribution in [0.1, 0.15) is 12.0 Å². The van der Waals surface area contributed by atoms with Gasteiger partial charge >= 0.3 is 0 Å². The van der Waals surface area contributed by atoms with Crippen molar-refractivity contribution >= 4 is 12.4 Å². The van der Waals surface area contributed by atoms with Gasteiger partial charge in [-0.3, -0.25) is 15.6 Å². The average molecular weight is 328 g/mol. The molecule has 128 valence electrons. The molecule has 0 spiro atoms. The maximum Gasteiger partial charge on any atom is 0.210 e. The van der Waals surface area contributed by atoms with Crippen molar-refractivity contribution in [1.29, 1.82) is 0 Å². The maximum atomic E-state index is 6.43. The molecule has 2 aliphatic heterocycles. The zero-order valence-corrected chi connectivity index (χ0v) is 13.9. The minimum atomic E-state index is -0.992. The van der Waals surface area contributed by atoms with Gasteiger partial charge in [-0.05, 0) is 24.6 Å². The zero-order chi connectivity index (χ0) is 16.8. The number of methoxy groups -OCH3 is 1. The number of benzene rings is 1. The molecule has 2 aliphatic rings. The van der Waals surface area contributed by atoms with Crippen LogP contribution in [0, 0.1) is 0 Å². The number of nitrogens with zero attached hydrogens (tertiary/aromatic N) is 3. The fourth-order valence-electron chi connectivity index (χ4n) is 2.71. The minimum absolute atomic E-state index is 0.756. The van der Waals surface area contributed by atoms with Gasteiger partial charge in [0.15, 0.2) is 0 Å². The Morgan fingerprint density at radius 1 is 1.46 bits per heavy atom. The van der Waals surface area contributed by atoms with Gasteiger partial charge in [0.2, 0.25) is 5.79 Å². The van der Waals surface area contributed by atoms with Gasteiger partial charge in [0.1, 0.15) is 11.6 Å². The molecule has 1 unspecified atom stereocenters. The van der Waals surface area contributed by atoms with Crippen LogP contribution in [-0.4, -0.2) is 50.7 Å². The van der Waals surface area contributed by atoms with Crippen LogP contribution in [0.3, 0.4) is 0 Å². The van der Waals surface area contributed by atoms with Gasteiger partial charge in [-0.25, -0.2) is 4.99 Å². The highest BCUT2D eigenvalue weighted by Gasteiger charge is 2.28. The average Bonchev–Trinajstić information content (AvgIpc) is 3.12. The number of rotatable bonds is 7. The number of hydrogen-bond acceptors (Lipinski definition) is 7. The molecule has 3 rings (SSSR count). The molecule has 0 aromatic heterocycles. The summed E-state index contributed by atoms with van der Waals surface area (Å²) < 4.78 is 5.27. The van der Waals surface area contributed by atoms with E-state index in [1.54, 1.807) is 13.3 Å². The Bertz CT molecular complexity index is 648. The van der Waals surface area contributed by atoms with Gasteiger partial charge in [0.25, 0.3) is 0 Å². The second kappa shape index (κ2) is 7.46. The number of ether oxygens (including phenoxy) is 1. The fraction of sp³-hybridized carbons (Fsp3) is 0.412. The smallest absolute Gasteiger partial charge is 0.210 e. The van der Waals surface area contributed by atoms with Gasteiger partial charge in [-0.15, -0.1) is 0 Å². The molecule has 0 radical (unpaired) electrons. The van der Waals surface area contributed by atoms with E-state index in [0.717, 1.165) is 49.9 Å². The van der Waals surface area contributed by atoms with Gasteiger partial charge in [0, 0.05) is 37.6 Å². The van der Waals surface area contributed by atoms with Crippen LogP contribution in [0.5, 0.6) is 5.75 Å². The van der Waals surface area contributed by atoms with Crippen molar-refractivity contribution in [3.05, 3.63) is 41.7 Å². The van der Waals surface area contributed by atoms with Crippen molar-refractivity contribution in [2.75, 3.05) is 33.4 Å². The Kier molecular flexibility index (Phi) is 5.12. The van der Waals surface area contributed by atoms with E-state index in [9.17, 15) is 0 Å². The second-order valence-electron chi connectivity index (χ2n) is 5.85. The van der Waals surface area contributed by atoms with Crippen molar-refractivity contribution in [1.82, 2.24) is 15.5 Å². The van der Waals surface area contributed by atoms with Crippen LogP contribution < -0.4 is 21.1 Å². The molecule has 1 aromatic rings. The summed E-state index contributed by atoms with van der Waals surface area (Å²) in [4.78, 5) is 10.9. The zero-order valence-electron chi connectivity index (χ0n) is 13.9. The van der Waals surface area contributed by atoms with Gasteiger partial charge in [-0.2, -0.15) is 0 Å². The summed E-state index contributed by atoms with van der Waals surface area (Å²) in [6.07, 6.45) is 6.62. The third-order valence-electron chi connectivity index (χ3n) is 4.07. The van der Waals surface area contributed by atoms with E-state index in [0.29, 0.717) is 0 Å². The summed E-state index contributed by atoms with van der Waals surface area (Å²) in [5.41, 5.74) is 7.27. The molecular weight excluding hydrogens is 304 g/mol. The lowest BCUT2D eigenvalue weighted by molar-refractivity contribution is 0.332. The first-order valence-corrected chi connectivity index (χ1v) is 8.11. The Morgan fingerprint density at radius 3 is 3.17 bits per heavy atom. The fourth-order valence-corrected chi connectivity index (χ4v) is 2.71. The first kappa shape index (κ1) is 16.5. The van der Waals surface area contributed by atoms with Crippen molar-refractivity contribution in [2.45, 2.75) is 12.2 Å². The van der Waals surface area contributed by atoms with E-state index in [-0.39, 0.29) is 0 Å². The molecule has 2 heterocycles. The number of nitrogens with two attached hydrogens (primary N) is 1. The van der Waals surface area contributed by atoms with Gasteiger partial charge in [-0.1, -0.05) is 12.1 Å². The van der Waals surface area contributed by atoms with Crippen molar-refractivity contribution in [2.24, 2.45) is 15.7 Å². The van der Waals surface area contributed by atoms with E-state index >= 15 is 0 Å². The molecule has 0 fully saturated rings. The molecule has 0 amide bonds. The van der Waals surface area contributed by atoms with Gasteiger partial charge in [0.05, 0.1) is 13.8 Å². The SMILES string of the molecule is COc1cccc(C2(N)N=CC=C(NCCCN3CC=NC3)N2)c1. The second-order valence-corrected chi connectivity index (χ2v) is 5.85. The number of aliphatic imine (C=N–C) groups is 2. The lowest BCUT2D eigenvalue weighted by Crippen LogP contribution is -2.52. The standard InChI is InChI=1S/C17H24N6O/c1-24-15-5-2-4-14(12-15)17(18)21-8-6-16(22-17)20-7-3-10-23-11-9-19-13-23/h2,4-6,8-9,12,20,22H,3,7,10-11,13,18H2,1H3. The van der Waals surface area contributed by atoms with Crippen LogP contribution in [0.2, 0.25) is 0 Å². The van der Waals surface area contributed by atoms with E-state index in [1.165, 1.54) is 0 Å². The number of allylic oxidation sites excluding steroid dienone is 1. The van der Waals surface area contributed by atoms with Crippen LogP contribution in [-0.2, 0) is 5.79 Å². The normalized spacial score (nSPS) is 23.0. The maximum absolute atomic E-state index is 6.43. The van der Waals surface area contributed by atoms with Crippen molar-refractivity contribution in [3.8, 4) is 5.75 Å². The molecular formula is C17H24N6O. The lowest BCUT2D eigenvalue weighted by Gasteiger charge is -2.32. The van der Waals surface area contributed by atoms with E-state index < -0.39 is 5.79 Å². The Hall–Kier alpha value is -2.38. The van der Waals surface area contributed by atoms with Crippen LogP contribution in [0.25, 0.3) is 0 Å². The van der Waals surface area contributed by atoms with E-state index in [4.69, 9.17) is 10.5 Å². The third kappa shape index (κ3) is 3.93. The molecule has 0 saturated carbocycles. The number of hydrogen-bond donors (Lipinski definition) is 3. The Labute approximate surface area is 142 Å². The third-order valence-corrected chi connectivity index (χ3v) is 4.07. The summed E-state index contributed by atoms with van der Waals surface area (Å²) in [5.74, 6) is 0.633. The van der Waals surface area contributed by atoms with Crippen molar-refractivity contribution in [3.63, 3.8) is 0 Å². The summed E-state index contributed by atoms with van der Waals surface area (Å²) >= 11 is 0. The molecule has 0 saturated heterocycles. The first-order valence-electron chi connectivity index (χ1n) is 8.11. The highest BCUT2D eigenvalue weighted by atomic mass is 16.5. The molecule has 0 aliphatic carbocycles. The quantitative estimate of drug-likeness (QED) is 0.638.